The molecule has 1 heterocycles. The Morgan fingerprint density at radius 2 is 1.96 bits per heavy atom. The minimum Gasteiger partial charge on any atom is -0.497 e. The van der Waals surface area contributed by atoms with Crippen LogP contribution in [0, 0.1) is 5.41 Å². The van der Waals surface area contributed by atoms with Crippen LogP contribution in [0.1, 0.15) is 31.9 Å². The smallest absolute Gasteiger partial charge is 0.193 e. The zero-order valence-electron chi connectivity index (χ0n) is 16.4. The standard InChI is InChI=1S/C19H32N4O.HI/c1-19(2)11-12-23(14-19)18(20-3)21-13-17(22(4)5)15-7-9-16(24-6)10-8-15;/h7-10,17H,11-14H2,1-6H3,(H,20,21);1H. The molecule has 0 bridgehead atoms. The maximum atomic E-state index is 5.26. The summed E-state index contributed by atoms with van der Waals surface area (Å²) < 4.78 is 5.26. The third-order valence-electron chi connectivity index (χ3n) is 4.77. The number of guanidine groups is 1. The highest BCUT2D eigenvalue weighted by atomic mass is 127. The molecule has 1 N–H and O–H groups in total. The lowest BCUT2D eigenvalue weighted by molar-refractivity contribution is 0.294. The van der Waals surface area contributed by atoms with Gasteiger partial charge in [0, 0.05) is 26.7 Å². The van der Waals surface area contributed by atoms with Crippen LogP contribution in [0.15, 0.2) is 29.3 Å². The molecule has 1 saturated heterocycles. The van der Waals surface area contributed by atoms with E-state index in [0.717, 1.165) is 31.3 Å². The summed E-state index contributed by atoms with van der Waals surface area (Å²) >= 11 is 0. The lowest BCUT2D eigenvalue weighted by Crippen LogP contribution is -2.44. The molecule has 0 amide bonds. The summed E-state index contributed by atoms with van der Waals surface area (Å²) in [5, 5.41) is 3.56. The van der Waals surface area contributed by atoms with Gasteiger partial charge >= 0.3 is 0 Å². The second kappa shape index (κ2) is 9.62. The van der Waals surface area contributed by atoms with Gasteiger partial charge in [-0.15, -0.1) is 24.0 Å². The van der Waals surface area contributed by atoms with E-state index in [1.165, 1.54) is 12.0 Å². The van der Waals surface area contributed by atoms with Gasteiger partial charge in [-0.2, -0.15) is 0 Å². The third-order valence-corrected chi connectivity index (χ3v) is 4.77. The number of aliphatic imine (C=N–C) groups is 1. The normalized spacial score (nSPS) is 18.0. The molecule has 1 fully saturated rings. The second-order valence-electron chi connectivity index (χ2n) is 7.52. The molecule has 1 aromatic rings. The van der Waals surface area contributed by atoms with Crippen molar-refractivity contribution in [1.29, 1.82) is 0 Å². The van der Waals surface area contributed by atoms with Crippen molar-refractivity contribution >= 4 is 29.9 Å². The number of hydrogen-bond acceptors (Lipinski definition) is 3. The summed E-state index contributed by atoms with van der Waals surface area (Å²) in [6, 6.07) is 8.58. The van der Waals surface area contributed by atoms with Gasteiger partial charge in [-0.3, -0.25) is 4.99 Å². The lowest BCUT2D eigenvalue weighted by atomic mass is 9.93. The number of likely N-dealkylation sites (N-methyl/N-ethyl adjacent to an activating group) is 1. The van der Waals surface area contributed by atoms with Crippen LogP contribution in [-0.2, 0) is 0 Å². The van der Waals surface area contributed by atoms with Crippen molar-refractivity contribution in [3.8, 4) is 5.75 Å². The van der Waals surface area contributed by atoms with Crippen LogP contribution in [-0.4, -0.2) is 63.6 Å². The van der Waals surface area contributed by atoms with Crippen LogP contribution in [0.5, 0.6) is 5.75 Å². The van der Waals surface area contributed by atoms with E-state index in [4.69, 9.17) is 4.74 Å². The molecule has 0 saturated carbocycles. The van der Waals surface area contributed by atoms with Crippen molar-refractivity contribution in [3.63, 3.8) is 0 Å². The Kier molecular flexibility index (Phi) is 8.47. The molecular formula is C19H33IN4O. The molecule has 0 radical (unpaired) electrons. The molecule has 1 unspecified atom stereocenters. The number of hydrogen-bond donors (Lipinski definition) is 1. The van der Waals surface area contributed by atoms with Gasteiger partial charge in [0.25, 0.3) is 0 Å². The molecule has 2 rings (SSSR count). The molecular weight excluding hydrogens is 427 g/mol. The highest BCUT2D eigenvalue weighted by molar-refractivity contribution is 14.0. The monoisotopic (exact) mass is 460 g/mol. The fraction of sp³-hybridized carbons (Fsp3) is 0.632. The molecule has 1 atom stereocenters. The molecule has 0 aliphatic carbocycles. The summed E-state index contributed by atoms with van der Waals surface area (Å²) in [6.07, 6.45) is 1.21. The first-order chi connectivity index (χ1) is 11.4. The largest absolute Gasteiger partial charge is 0.497 e. The van der Waals surface area contributed by atoms with E-state index in [0.29, 0.717) is 5.41 Å². The average molecular weight is 460 g/mol. The first-order valence-corrected chi connectivity index (χ1v) is 8.62. The molecule has 5 nitrogen and oxygen atoms in total. The van der Waals surface area contributed by atoms with Crippen molar-refractivity contribution in [2.45, 2.75) is 26.3 Å². The Bertz CT molecular complexity index is 557. The van der Waals surface area contributed by atoms with Gasteiger partial charge in [0.1, 0.15) is 5.75 Å². The number of benzene rings is 1. The third kappa shape index (κ3) is 6.02. The van der Waals surface area contributed by atoms with E-state index >= 15 is 0 Å². The SMILES string of the molecule is CN=C(NCC(c1ccc(OC)cc1)N(C)C)N1CCC(C)(C)C1.I. The molecule has 142 valence electrons. The fourth-order valence-electron chi connectivity index (χ4n) is 3.24. The van der Waals surface area contributed by atoms with Gasteiger partial charge in [0.15, 0.2) is 5.96 Å². The van der Waals surface area contributed by atoms with Crippen LogP contribution in [0.3, 0.4) is 0 Å². The Labute approximate surface area is 169 Å². The molecule has 0 aromatic heterocycles. The Morgan fingerprint density at radius 1 is 1.32 bits per heavy atom. The number of halogens is 1. The number of rotatable bonds is 5. The van der Waals surface area contributed by atoms with E-state index in [2.05, 4.69) is 60.2 Å². The van der Waals surface area contributed by atoms with E-state index in [-0.39, 0.29) is 30.0 Å². The Hall–Kier alpha value is -1.02. The molecule has 1 aromatic carbocycles. The maximum absolute atomic E-state index is 5.26. The minimum atomic E-state index is 0. The van der Waals surface area contributed by atoms with Gasteiger partial charge in [-0.1, -0.05) is 26.0 Å². The van der Waals surface area contributed by atoms with Crippen LogP contribution in [0.2, 0.25) is 0 Å². The van der Waals surface area contributed by atoms with Crippen LogP contribution in [0.25, 0.3) is 0 Å². The van der Waals surface area contributed by atoms with Crippen molar-refractivity contribution in [2.24, 2.45) is 10.4 Å². The highest BCUT2D eigenvalue weighted by Gasteiger charge is 2.31. The zero-order valence-corrected chi connectivity index (χ0v) is 18.7. The highest BCUT2D eigenvalue weighted by Crippen LogP contribution is 2.28. The predicted molar refractivity (Wildman–Crippen MR) is 116 cm³/mol. The molecule has 25 heavy (non-hydrogen) atoms. The number of likely N-dealkylation sites (tertiary alicyclic amines) is 1. The number of nitrogens with one attached hydrogen (secondary N) is 1. The number of methoxy groups -OCH3 is 1. The van der Waals surface area contributed by atoms with E-state index < -0.39 is 0 Å². The number of nitrogens with zero attached hydrogens (tertiary/aromatic N) is 3. The second-order valence-corrected chi connectivity index (χ2v) is 7.52. The quantitative estimate of drug-likeness (QED) is 0.416. The first-order valence-electron chi connectivity index (χ1n) is 8.62. The van der Waals surface area contributed by atoms with Gasteiger partial charge in [0.2, 0.25) is 0 Å². The van der Waals surface area contributed by atoms with Crippen LogP contribution < -0.4 is 10.1 Å². The lowest BCUT2D eigenvalue weighted by Gasteiger charge is -2.29. The fourth-order valence-corrected chi connectivity index (χ4v) is 3.24. The van der Waals surface area contributed by atoms with Crippen molar-refractivity contribution in [1.82, 2.24) is 15.1 Å². The first kappa shape index (κ1) is 22.0. The molecule has 0 spiro atoms. The van der Waals surface area contributed by atoms with E-state index in [1.807, 2.05) is 19.2 Å². The van der Waals surface area contributed by atoms with Crippen LogP contribution >= 0.6 is 24.0 Å². The summed E-state index contributed by atoms with van der Waals surface area (Å²) in [4.78, 5) is 9.07. The summed E-state index contributed by atoms with van der Waals surface area (Å²) in [7, 11) is 7.78. The molecule has 1 aliphatic heterocycles. The average Bonchev–Trinajstić information content (AvgIpc) is 2.91. The van der Waals surface area contributed by atoms with Gasteiger partial charge in [0.05, 0.1) is 13.2 Å². The zero-order chi connectivity index (χ0) is 17.7. The topological polar surface area (TPSA) is 40.1 Å². The minimum absolute atomic E-state index is 0. The predicted octanol–water partition coefficient (Wildman–Crippen LogP) is 3.22. The van der Waals surface area contributed by atoms with Gasteiger partial charge in [-0.05, 0) is 43.6 Å². The van der Waals surface area contributed by atoms with Crippen molar-refractivity contribution < 1.29 is 4.74 Å². The maximum Gasteiger partial charge on any atom is 0.193 e. The number of ether oxygens (including phenoxy) is 1. The van der Waals surface area contributed by atoms with Gasteiger partial charge < -0.3 is 19.9 Å². The van der Waals surface area contributed by atoms with Crippen LogP contribution in [0.4, 0.5) is 0 Å². The van der Waals surface area contributed by atoms with E-state index in [1.54, 1.807) is 7.11 Å². The van der Waals surface area contributed by atoms with Crippen molar-refractivity contribution in [3.05, 3.63) is 29.8 Å². The summed E-state index contributed by atoms with van der Waals surface area (Å²) in [5.74, 6) is 1.89. The van der Waals surface area contributed by atoms with E-state index in [9.17, 15) is 0 Å². The van der Waals surface area contributed by atoms with Gasteiger partial charge in [-0.25, -0.2) is 0 Å². The summed E-state index contributed by atoms with van der Waals surface area (Å²) in [6.45, 7) is 7.59. The van der Waals surface area contributed by atoms with Crippen molar-refractivity contribution in [2.75, 3.05) is 47.9 Å². The molecule has 1 aliphatic rings. The summed E-state index contributed by atoms with van der Waals surface area (Å²) in [5.41, 5.74) is 1.64. The Balaban J connectivity index is 0.00000312. The Morgan fingerprint density at radius 3 is 2.40 bits per heavy atom. The molecule has 6 heteroatoms.